The van der Waals surface area contributed by atoms with Crippen molar-refractivity contribution in [2.45, 2.75) is 43.6 Å². The number of anilines is 1. The average Bonchev–Trinajstić information content (AvgIpc) is 2.55. The van der Waals surface area contributed by atoms with Gasteiger partial charge in [0.2, 0.25) is 10.0 Å². The number of hydrogen-bond acceptors (Lipinski definition) is 4. The van der Waals surface area contributed by atoms with Gasteiger partial charge in [0.05, 0.1) is 5.60 Å². The van der Waals surface area contributed by atoms with E-state index in [2.05, 4.69) is 0 Å². The summed E-state index contributed by atoms with van der Waals surface area (Å²) in [5.41, 5.74) is 5.18. The van der Waals surface area contributed by atoms with Gasteiger partial charge >= 0.3 is 0 Å². The van der Waals surface area contributed by atoms with Gasteiger partial charge in [0.1, 0.15) is 10.7 Å². The third kappa shape index (κ3) is 3.36. The van der Waals surface area contributed by atoms with Crippen molar-refractivity contribution in [3.63, 3.8) is 0 Å². The largest absolute Gasteiger partial charge is 0.399 e. The Morgan fingerprint density at radius 1 is 1.33 bits per heavy atom. The molecule has 3 N–H and O–H groups in total. The molecule has 118 valence electrons. The highest BCUT2D eigenvalue weighted by Crippen LogP contribution is 2.28. The molecule has 1 aliphatic heterocycles. The topological polar surface area (TPSA) is 83.6 Å². The number of nitrogens with zero attached hydrogens (tertiary/aromatic N) is 1. The van der Waals surface area contributed by atoms with E-state index >= 15 is 0 Å². The van der Waals surface area contributed by atoms with Gasteiger partial charge in [-0.05, 0) is 50.8 Å². The second-order valence-electron chi connectivity index (χ2n) is 5.90. The van der Waals surface area contributed by atoms with Crippen LogP contribution < -0.4 is 5.73 Å². The Balaban J connectivity index is 2.39. The number of benzene rings is 1. The van der Waals surface area contributed by atoms with E-state index in [9.17, 15) is 17.9 Å². The van der Waals surface area contributed by atoms with Crippen molar-refractivity contribution in [2.75, 3.05) is 18.8 Å². The highest BCUT2D eigenvalue weighted by Gasteiger charge is 2.33. The highest BCUT2D eigenvalue weighted by atomic mass is 32.2. The molecule has 0 spiro atoms. The van der Waals surface area contributed by atoms with Gasteiger partial charge in [-0.15, -0.1) is 0 Å². The molecule has 1 saturated heterocycles. The molecule has 0 bridgehead atoms. The molecule has 1 aromatic rings. The molecule has 1 unspecified atom stereocenters. The lowest BCUT2D eigenvalue weighted by Gasteiger charge is -2.22. The number of nitrogens with two attached hydrogens (primary N) is 1. The van der Waals surface area contributed by atoms with Gasteiger partial charge in [-0.3, -0.25) is 0 Å². The van der Waals surface area contributed by atoms with E-state index in [1.807, 2.05) is 0 Å². The predicted octanol–water partition coefficient (Wildman–Crippen LogP) is 1.64. The maximum atomic E-state index is 14.2. The van der Waals surface area contributed by atoms with E-state index in [4.69, 9.17) is 5.73 Å². The van der Waals surface area contributed by atoms with Crippen LogP contribution in [0.15, 0.2) is 17.0 Å². The van der Waals surface area contributed by atoms with Gasteiger partial charge in [0, 0.05) is 18.8 Å². The summed E-state index contributed by atoms with van der Waals surface area (Å²) in [6.45, 7) is 3.61. The van der Waals surface area contributed by atoms with E-state index in [0.717, 1.165) is 6.07 Å². The Morgan fingerprint density at radius 3 is 2.67 bits per heavy atom. The number of rotatable bonds is 2. The fourth-order valence-corrected chi connectivity index (χ4v) is 4.22. The number of sulfonamides is 1. The summed E-state index contributed by atoms with van der Waals surface area (Å²) in [4.78, 5) is -0.387. The van der Waals surface area contributed by atoms with Crippen LogP contribution in [-0.2, 0) is 10.0 Å². The van der Waals surface area contributed by atoms with Crippen molar-refractivity contribution >= 4 is 15.7 Å². The molecule has 0 saturated carbocycles. The molecule has 0 radical (unpaired) electrons. The first kappa shape index (κ1) is 16.2. The fourth-order valence-electron chi connectivity index (χ4n) is 2.57. The maximum absolute atomic E-state index is 14.2. The minimum Gasteiger partial charge on any atom is -0.399 e. The monoisotopic (exact) mass is 316 g/mol. The quantitative estimate of drug-likeness (QED) is 0.813. The molecule has 1 fully saturated rings. The number of halogens is 1. The van der Waals surface area contributed by atoms with E-state index in [0.29, 0.717) is 19.3 Å². The summed E-state index contributed by atoms with van der Waals surface area (Å²) < 4.78 is 40.7. The smallest absolute Gasteiger partial charge is 0.246 e. The van der Waals surface area contributed by atoms with Crippen molar-refractivity contribution in [1.82, 2.24) is 4.31 Å². The summed E-state index contributed by atoms with van der Waals surface area (Å²) in [5.74, 6) is -0.764. The molecule has 0 aliphatic carbocycles. The first-order valence-electron chi connectivity index (χ1n) is 6.92. The number of aliphatic hydroxyl groups is 1. The lowest BCUT2D eigenvalue weighted by molar-refractivity contribution is 0.0465. The summed E-state index contributed by atoms with van der Waals surface area (Å²) in [5, 5.41) is 10.0. The third-order valence-corrected chi connectivity index (χ3v) is 5.78. The fraction of sp³-hybridized carbons (Fsp3) is 0.571. The normalized spacial score (nSPS) is 24.8. The van der Waals surface area contributed by atoms with Crippen LogP contribution in [0.1, 0.15) is 31.7 Å². The van der Waals surface area contributed by atoms with E-state index in [-0.39, 0.29) is 29.2 Å². The van der Waals surface area contributed by atoms with Crippen molar-refractivity contribution < 1.29 is 17.9 Å². The molecule has 1 aliphatic rings. The Bertz CT molecular complexity index is 644. The van der Waals surface area contributed by atoms with Crippen molar-refractivity contribution in [3.8, 4) is 0 Å². The van der Waals surface area contributed by atoms with Crippen LogP contribution in [0.5, 0.6) is 0 Å². The Kier molecular flexibility index (Phi) is 4.28. The molecule has 1 heterocycles. The molecule has 2 rings (SSSR count). The molecule has 5 nitrogen and oxygen atoms in total. The van der Waals surface area contributed by atoms with E-state index in [1.165, 1.54) is 17.3 Å². The lowest BCUT2D eigenvalue weighted by atomic mass is 9.98. The molecule has 1 atom stereocenters. The van der Waals surface area contributed by atoms with Crippen LogP contribution in [0.2, 0.25) is 0 Å². The maximum Gasteiger partial charge on any atom is 0.246 e. The van der Waals surface area contributed by atoms with Crippen LogP contribution in [0.3, 0.4) is 0 Å². The summed E-state index contributed by atoms with van der Waals surface area (Å²) >= 11 is 0. The van der Waals surface area contributed by atoms with Crippen molar-refractivity contribution in [2.24, 2.45) is 0 Å². The predicted molar refractivity (Wildman–Crippen MR) is 78.8 cm³/mol. The van der Waals surface area contributed by atoms with Gasteiger partial charge in [0.25, 0.3) is 0 Å². The standard InChI is InChI=1S/C14H21FN2O3S/c1-10-8-11(16)9-12(13(10)15)21(19,20)17-6-3-4-14(2,18)5-7-17/h8-9,18H,3-7,16H2,1-2H3. The minimum absolute atomic E-state index is 0.169. The van der Waals surface area contributed by atoms with Gasteiger partial charge in [-0.25, -0.2) is 12.8 Å². The first-order valence-corrected chi connectivity index (χ1v) is 8.36. The third-order valence-electron chi connectivity index (χ3n) is 3.88. The molecule has 7 heteroatoms. The SMILES string of the molecule is Cc1cc(N)cc(S(=O)(=O)N2CCCC(C)(O)CC2)c1F. The molecule has 0 aromatic heterocycles. The van der Waals surface area contributed by atoms with Crippen LogP contribution in [0, 0.1) is 12.7 Å². The summed E-state index contributed by atoms with van der Waals surface area (Å²) in [6, 6.07) is 2.56. The molecular formula is C14H21FN2O3S. The zero-order valence-corrected chi connectivity index (χ0v) is 13.1. The second kappa shape index (κ2) is 5.55. The number of hydrogen-bond donors (Lipinski definition) is 2. The molecule has 1 aromatic carbocycles. The first-order chi connectivity index (χ1) is 9.63. The van der Waals surface area contributed by atoms with E-state index in [1.54, 1.807) is 6.92 Å². The Morgan fingerprint density at radius 2 is 2.00 bits per heavy atom. The van der Waals surface area contributed by atoms with E-state index < -0.39 is 21.4 Å². The van der Waals surface area contributed by atoms with Crippen LogP contribution in [-0.4, -0.2) is 36.5 Å². The van der Waals surface area contributed by atoms with Crippen LogP contribution in [0.4, 0.5) is 10.1 Å². The zero-order valence-electron chi connectivity index (χ0n) is 12.3. The van der Waals surface area contributed by atoms with Gasteiger partial charge < -0.3 is 10.8 Å². The molecule has 0 amide bonds. The van der Waals surface area contributed by atoms with Gasteiger partial charge in [-0.1, -0.05) is 0 Å². The summed E-state index contributed by atoms with van der Waals surface area (Å²) in [6.07, 6.45) is 1.39. The molecular weight excluding hydrogens is 295 g/mol. The van der Waals surface area contributed by atoms with Crippen LogP contribution in [0.25, 0.3) is 0 Å². The minimum atomic E-state index is -3.94. The van der Waals surface area contributed by atoms with Crippen molar-refractivity contribution in [3.05, 3.63) is 23.5 Å². The van der Waals surface area contributed by atoms with Gasteiger partial charge in [-0.2, -0.15) is 4.31 Å². The van der Waals surface area contributed by atoms with Crippen LogP contribution >= 0.6 is 0 Å². The second-order valence-corrected chi connectivity index (χ2v) is 7.81. The Labute approximate surface area is 124 Å². The number of nitrogen functional groups attached to an aromatic ring is 1. The van der Waals surface area contributed by atoms with Crippen molar-refractivity contribution in [1.29, 1.82) is 0 Å². The zero-order chi connectivity index (χ0) is 15.8. The molecule has 21 heavy (non-hydrogen) atoms. The van der Waals surface area contributed by atoms with Gasteiger partial charge in [0.15, 0.2) is 0 Å². The average molecular weight is 316 g/mol. The summed E-state index contributed by atoms with van der Waals surface area (Å²) in [7, 11) is -3.94. The lowest BCUT2D eigenvalue weighted by Crippen LogP contribution is -2.34. The highest BCUT2D eigenvalue weighted by molar-refractivity contribution is 7.89. The number of aryl methyl sites for hydroxylation is 1. The Hall–Kier alpha value is -1.18.